The Bertz CT molecular complexity index is 991. The molecule has 0 saturated carbocycles. The summed E-state index contributed by atoms with van der Waals surface area (Å²) in [4.78, 5) is 12.6. The van der Waals surface area contributed by atoms with Crippen molar-refractivity contribution in [3.8, 4) is 0 Å². The standard InChI is InChI=1S/C19H28ClN5O3S2.2ClH/c1-30(27,28)25-4-2-14(3-5-25)29-19-21-16-12-15(20)18(13-17(16)22-19)24-8-6-23(7-9-24)10-11-26;;/h12-14,26H,2-11H2,1H3,(H,21,22);2*1H. The Morgan fingerprint density at radius 3 is 2.41 bits per heavy atom. The highest BCUT2D eigenvalue weighted by atomic mass is 35.5. The molecule has 8 nitrogen and oxygen atoms in total. The maximum absolute atomic E-state index is 11.7. The maximum atomic E-state index is 11.7. The number of piperidine rings is 1. The minimum atomic E-state index is -3.10. The normalized spacial score (nSPS) is 19.0. The molecule has 2 fully saturated rings. The Hall–Kier alpha value is -0.460. The molecule has 2 aromatic rings. The van der Waals surface area contributed by atoms with Gasteiger partial charge in [-0.3, -0.25) is 4.90 Å². The Morgan fingerprint density at radius 1 is 1.16 bits per heavy atom. The predicted molar refractivity (Wildman–Crippen MR) is 137 cm³/mol. The fourth-order valence-electron chi connectivity index (χ4n) is 4.09. The number of aliphatic hydroxyl groups is 1. The molecule has 3 heterocycles. The zero-order chi connectivity index (χ0) is 21.3. The second-order valence-electron chi connectivity index (χ2n) is 7.89. The topological polar surface area (TPSA) is 92.8 Å². The van der Waals surface area contributed by atoms with Crippen molar-refractivity contribution in [2.75, 3.05) is 63.6 Å². The summed E-state index contributed by atoms with van der Waals surface area (Å²) >= 11 is 8.26. The van der Waals surface area contributed by atoms with Crippen LogP contribution in [0, 0.1) is 0 Å². The molecule has 0 aliphatic carbocycles. The highest BCUT2D eigenvalue weighted by Gasteiger charge is 2.26. The summed E-state index contributed by atoms with van der Waals surface area (Å²) in [5, 5.41) is 11.0. The highest BCUT2D eigenvalue weighted by Crippen LogP contribution is 2.34. The van der Waals surface area contributed by atoms with Crippen LogP contribution in [0.2, 0.25) is 5.02 Å². The number of fused-ring (bicyclic) bond motifs is 1. The van der Waals surface area contributed by atoms with Crippen LogP contribution in [-0.2, 0) is 10.0 Å². The minimum absolute atomic E-state index is 0. The van der Waals surface area contributed by atoms with Crippen molar-refractivity contribution in [2.24, 2.45) is 0 Å². The lowest BCUT2D eigenvalue weighted by Gasteiger charge is -2.36. The number of anilines is 1. The van der Waals surface area contributed by atoms with Gasteiger partial charge in [0.25, 0.3) is 0 Å². The molecular formula is C19H30Cl3N5O3S2. The van der Waals surface area contributed by atoms with Crippen molar-refractivity contribution >= 4 is 74.9 Å². The van der Waals surface area contributed by atoms with Gasteiger partial charge in [0.05, 0.1) is 34.6 Å². The number of aromatic nitrogens is 2. The number of thioether (sulfide) groups is 1. The van der Waals surface area contributed by atoms with E-state index in [0.717, 1.165) is 60.9 Å². The Kier molecular flexibility index (Phi) is 10.2. The number of imidazole rings is 1. The molecule has 2 aliphatic heterocycles. The molecule has 2 aliphatic rings. The quantitative estimate of drug-likeness (QED) is 0.575. The van der Waals surface area contributed by atoms with Gasteiger partial charge in [0, 0.05) is 51.1 Å². The van der Waals surface area contributed by atoms with Crippen molar-refractivity contribution in [3.05, 3.63) is 17.2 Å². The van der Waals surface area contributed by atoms with Crippen molar-refractivity contribution in [2.45, 2.75) is 23.2 Å². The molecule has 1 aromatic heterocycles. The van der Waals surface area contributed by atoms with E-state index in [2.05, 4.69) is 14.8 Å². The molecule has 1 aromatic carbocycles. The second-order valence-corrected chi connectivity index (χ2v) is 11.6. The third-order valence-electron chi connectivity index (χ3n) is 5.81. The lowest BCUT2D eigenvalue weighted by atomic mass is 10.2. The van der Waals surface area contributed by atoms with Gasteiger partial charge in [-0.2, -0.15) is 0 Å². The molecule has 0 amide bonds. The number of aromatic amines is 1. The van der Waals surface area contributed by atoms with E-state index in [4.69, 9.17) is 21.7 Å². The molecular weight excluding hydrogens is 517 g/mol. The van der Waals surface area contributed by atoms with Gasteiger partial charge in [-0.15, -0.1) is 24.8 Å². The van der Waals surface area contributed by atoms with Gasteiger partial charge in [0.15, 0.2) is 5.16 Å². The molecule has 0 unspecified atom stereocenters. The lowest BCUT2D eigenvalue weighted by molar-refractivity contribution is 0.189. The minimum Gasteiger partial charge on any atom is -0.395 e. The molecule has 4 rings (SSSR count). The SMILES string of the molecule is CS(=O)(=O)N1CCC(Sc2nc3cc(N4CCN(CCO)CC4)c(Cl)cc3[nH]2)CC1.Cl.Cl. The largest absolute Gasteiger partial charge is 0.395 e. The van der Waals surface area contributed by atoms with E-state index in [1.165, 1.54) is 6.26 Å². The van der Waals surface area contributed by atoms with E-state index in [1.54, 1.807) is 16.1 Å². The molecule has 182 valence electrons. The number of piperazine rings is 1. The number of nitrogens with one attached hydrogen (secondary N) is 1. The first-order valence-electron chi connectivity index (χ1n) is 10.2. The first kappa shape index (κ1) is 27.8. The van der Waals surface area contributed by atoms with Gasteiger partial charge in [0.1, 0.15) is 0 Å². The number of hydrogen-bond donors (Lipinski definition) is 2. The predicted octanol–water partition coefficient (Wildman–Crippen LogP) is 2.69. The number of rotatable bonds is 6. The summed E-state index contributed by atoms with van der Waals surface area (Å²) in [7, 11) is -3.10. The second kappa shape index (κ2) is 11.8. The molecule has 0 radical (unpaired) electrons. The van der Waals surface area contributed by atoms with Crippen LogP contribution in [0.15, 0.2) is 17.3 Å². The smallest absolute Gasteiger partial charge is 0.211 e. The first-order chi connectivity index (χ1) is 14.3. The zero-order valence-electron chi connectivity index (χ0n) is 17.9. The van der Waals surface area contributed by atoms with Crippen molar-refractivity contribution in [1.29, 1.82) is 0 Å². The summed E-state index contributed by atoms with van der Waals surface area (Å²) in [6, 6.07) is 3.99. The number of H-pyrrole nitrogens is 1. The molecule has 0 spiro atoms. The van der Waals surface area contributed by atoms with E-state index in [0.29, 0.717) is 29.9 Å². The summed E-state index contributed by atoms with van der Waals surface area (Å²) in [6.07, 6.45) is 2.91. The molecule has 2 N–H and O–H groups in total. The molecule has 0 atom stereocenters. The number of benzene rings is 1. The van der Waals surface area contributed by atoms with Crippen LogP contribution in [0.25, 0.3) is 11.0 Å². The van der Waals surface area contributed by atoms with Crippen molar-refractivity contribution in [1.82, 2.24) is 19.2 Å². The van der Waals surface area contributed by atoms with Crippen LogP contribution in [0.3, 0.4) is 0 Å². The number of halogens is 3. The number of β-amino-alcohol motifs (C(OH)–C–C–N with tert-alkyl or cyclic N) is 1. The van der Waals surface area contributed by atoms with Crippen LogP contribution in [0.5, 0.6) is 0 Å². The fourth-order valence-corrected chi connectivity index (χ4v) is 6.33. The number of nitrogens with zero attached hydrogens (tertiary/aromatic N) is 4. The van der Waals surface area contributed by atoms with Gasteiger partial charge < -0.3 is 15.0 Å². The lowest BCUT2D eigenvalue weighted by Crippen LogP contribution is -2.47. The van der Waals surface area contributed by atoms with Crippen LogP contribution >= 0.6 is 48.2 Å². The molecule has 13 heteroatoms. The Labute approximate surface area is 210 Å². The summed E-state index contributed by atoms with van der Waals surface area (Å²) < 4.78 is 24.9. The fraction of sp³-hybridized carbons (Fsp3) is 0.632. The van der Waals surface area contributed by atoms with Crippen molar-refractivity contribution < 1.29 is 13.5 Å². The van der Waals surface area contributed by atoms with Crippen LogP contribution in [0.4, 0.5) is 5.69 Å². The van der Waals surface area contributed by atoms with Gasteiger partial charge in [0.2, 0.25) is 10.0 Å². The van der Waals surface area contributed by atoms with Gasteiger partial charge in [-0.05, 0) is 25.0 Å². The van der Waals surface area contributed by atoms with E-state index >= 15 is 0 Å². The van der Waals surface area contributed by atoms with Crippen LogP contribution in [-0.4, -0.2) is 96.6 Å². The van der Waals surface area contributed by atoms with Crippen LogP contribution < -0.4 is 4.90 Å². The van der Waals surface area contributed by atoms with E-state index in [-0.39, 0.29) is 31.4 Å². The van der Waals surface area contributed by atoms with Crippen molar-refractivity contribution in [3.63, 3.8) is 0 Å². The summed E-state index contributed by atoms with van der Waals surface area (Å²) in [6.45, 7) is 5.58. The van der Waals surface area contributed by atoms with Gasteiger partial charge in [-0.1, -0.05) is 23.4 Å². The average molecular weight is 547 g/mol. The zero-order valence-corrected chi connectivity index (χ0v) is 21.9. The maximum Gasteiger partial charge on any atom is 0.211 e. The van der Waals surface area contributed by atoms with E-state index in [1.807, 2.05) is 12.1 Å². The first-order valence-corrected chi connectivity index (χ1v) is 13.3. The number of aliphatic hydroxyl groups excluding tert-OH is 1. The summed E-state index contributed by atoms with van der Waals surface area (Å²) in [5.74, 6) is 0. The highest BCUT2D eigenvalue weighted by molar-refractivity contribution is 7.99. The molecule has 32 heavy (non-hydrogen) atoms. The Morgan fingerprint density at radius 2 is 1.81 bits per heavy atom. The third kappa shape index (κ3) is 6.56. The number of hydrogen-bond acceptors (Lipinski definition) is 7. The van der Waals surface area contributed by atoms with Crippen LogP contribution in [0.1, 0.15) is 12.8 Å². The molecule has 0 bridgehead atoms. The summed E-state index contributed by atoms with van der Waals surface area (Å²) in [5.41, 5.74) is 2.80. The van der Waals surface area contributed by atoms with E-state index < -0.39 is 10.0 Å². The molecule has 2 saturated heterocycles. The average Bonchev–Trinajstić information content (AvgIpc) is 3.09. The van der Waals surface area contributed by atoms with Gasteiger partial charge in [-0.25, -0.2) is 17.7 Å². The van der Waals surface area contributed by atoms with Gasteiger partial charge >= 0.3 is 0 Å². The third-order valence-corrected chi connectivity index (χ3v) is 8.63. The van der Waals surface area contributed by atoms with E-state index in [9.17, 15) is 8.42 Å². The number of sulfonamides is 1. The Balaban J connectivity index is 0.00000181. The monoisotopic (exact) mass is 545 g/mol.